The number of nitrogens with one attached hydrogen (secondary N) is 1. The van der Waals surface area contributed by atoms with Gasteiger partial charge in [0.1, 0.15) is 12.0 Å². The van der Waals surface area contributed by atoms with E-state index in [0.29, 0.717) is 35.6 Å². The normalized spacial score (nSPS) is 14.8. The molecule has 0 saturated carbocycles. The Morgan fingerprint density at radius 1 is 1.14 bits per heavy atom. The van der Waals surface area contributed by atoms with E-state index in [9.17, 15) is 18.0 Å². The Hall–Kier alpha value is -3.56. The number of halogens is 3. The van der Waals surface area contributed by atoms with Gasteiger partial charge in [0.05, 0.1) is 30.5 Å². The van der Waals surface area contributed by atoms with Crippen molar-refractivity contribution in [2.24, 2.45) is 5.73 Å². The van der Waals surface area contributed by atoms with Gasteiger partial charge in [-0.1, -0.05) is 36.4 Å². The smallest absolute Gasteiger partial charge is 0.377 e. The number of hydrogen-bond donors (Lipinski definition) is 2. The topological polar surface area (TPSA) is 90.1 Å². The molecule has 9 heteroatoms. The molecule has 0 unspecified atom stereocenters. The molecule has 0 fully saturated rings. The Kier molecular flexibility index (Phi) is 7.28. The molecular weight excluding hydrogens is 457 g/mol. The summed E-state index contributed by atoms with van der Waals surface area (Å²) < 4.78 is 44.9. The van der Waals surface area contributed by atoms with Crippen molar-refractivity contribution < 1.29 is 22.7 Å². The monoisotopic (exact) mass is 482 g/mol. The van der Waals surface area contributed by atoms with E-state index in [-0.39, 0.29) is 24.2 Å². The molecule has 0 spiro atoms. The van der Waals surface area contributed by atoms with Crippen LogP contribution in [0.3, 0.4) is 0 Å². The average Bonchev–Trinajstić information content (AvgIpc) is 2.88. The Labute approximate surface area is 201 Å². The van der Waals surface area contributed by atoms with E-state index in [1.807, 2.05) is 13.0 Å². The summed E-state index contributed by atoms with van der Waals surface area (Å²) >= 11 is 0. The minimum atomic E-state index is -4.44. The maximum atomic E-state index is 13.2. The van der Waals surface area contributed by atoms with Gasteiger partial charge in [0.25, 0.3) is 5.91 Å². The third-order valence-electron chi connectivity index (χ3n) is 5.92. The standard InChI is InChI=1S/C26H25F3N4O2/c1-16(33-25(34)24-13-23(31-15-32-24)19-8-10-35-11-9-19)17-2-4-18(5-3-17)22-12-21(26(27,28)29)7-6-20(22)14-30/h2-8,12-13,15-16H,9-11,14,30H2,1H3,(H,33,34)/t16-/m1/s1. The number of hydrogen-bond acceptors (Lipinski definition) is 5. The van der Waals surface area contributed by atoms with Gasteiger partial charge >= 0.3 is 6.18 Å². The van der Waals surface area contributed by atoms with Gasteiger partial charge < -0.3 is 15.8 Å². The molecule has 3 aromatic rings. The third-order valence-corrected chi connectivity index (χ3v) is 5.92. The molecule has 1 amide bonds. The molecule has 1 aliphatic rings. The van der Waals surface area contributed by atoms with E-state index in [0.717, 1.165) is 29.7 Å². The fourth-order valence-corrected chi connectivity index (χ4v) is 3.92. The van der Waals surface area contributed by atoms with Crippen LogP contribution in [0.1, 0.15) is 52.3 Å². The first-order chi connectivity index (χ1) is 16.8. The van der Waals surface area contributed by atoms with E-state index >= 15 is 0 Å². The second kappa shape index (κ2) is 10.4. The largest absolute Gasteiger partial charge is 0.416 e. The lowest BCUT2D eigenvalue weighted by molar-refractivity contribution is -0.137. The molecule has 35 heavy (non-hydrogen) atoms. The van der Waals surface area contributed by atoms with Crippen molar-refractivity contribution in [2.75, 3.05) is 13.2 Å². The van der Waals surface area contributed by atoms with E-state index in [2.05, 4.69) is 15.3 Å². The summed E-state index contributed by atoms with van der Waals surface area (Å²) in [5.41, 5.74) is 9.44. The van der Waals surface area contributed by atoms with Crippen molar-refractivity contribution in [3.63, 3.8) is 0 Å². The van der Waals surface area contributed by atoms with Crippen molar-refractivity contribution in [3.05, 3.63) is 89.0 Å². The average molecular weight is 483 g/mol. The van der Waals surface area contributed by atoms with Crippen molar-refractivity contribution in [3.8, 4) is 11.1 Å². The predicted octanol–water partition coefficient (Wildman–Crippen LogP) is 4.92. The number of benzene rings is 2. The van der Waals surface area contributed by atoms with Crippen LogP contribution < -0.4 is 11.1 Å². The zero-order valence-electron chi connectivity index (χ0n) is 19.1. The van der Waals surface area contributed by atoms with E-state index in [1.54, 1.807) is 30.3 Å². The number of carbonyl (C=O) groups is 1. The molecule has 4 rings (SSSR count). The highest BCUT2D eigenvalue weighted by molar-refractivity contribution is 5.93. The van der Waals surface area contributed by atoms with Gasteiger partial charge in [-0.3, -0.25) is 4.79 Å². The fraction of sp³-hybridized carbons (Fsp3) is 0.269. The molecule has 0 saturated heterocycles. The molecule has 3 N–H and O–H groups in total. The number of nitrogens with two attached hydrogens (primary N) is 1. The second-order valence-corrected chi connectivity index (χ2v) is 8.23. The molecule has 0 bridgehead atoms. The van der Waals surface area contributed by atoms with Crippen molar-refractivity contribution in [2.45, 2.75) is 32.1 Å². The first-order valence-corrected chi connectivity index (χ1v) is 11.2. The van der Waals surface area contributed by atoms with Crippen molar-refractivity contribution in [1.82, 2.24) is 15.3 Å². The summed E-state index contributed by atoms with van der Waals surface area (Å²) in [5.74, 6) is -0.346. The van der Waals surface area contributed by atoms with Crippen LogP contribution in [-0.2, 0) is 17.5 Å². The molecule has 182 valence electrons. The number of alkyl halides is 3. The van der Waals surface area contributed by atoms with E-state index < -0.39 is 11.7 Å². The van der Waals surface area contributed by atoms with Crippen LogP contribution in [0.5, 0.6) is 0 Å². The number of rotatable bonds is 6. The van der Waals surface area contributed by atoms with E-state index in [4.69, 9.17) is 10.5 Å². The Morgan fingerprint density at radius 2 is 1.91 bits per heavy atom. The van der Waals surface area contributed by atoms with Crippen molar-refractivity contribution >= 4 is 11.5 Å². The summed E-state index contributed by atoms with van der Waals surface area (Å²) in [7, 11) is 0. The van der Waals surface area contributed by atoms with Crippen LogP contribution in [0, 0.1) is 0 Å². The van der Waals surface area contributed by atoms with E-state index in [1.165, 1.54) is 12.4 Å². The molecule has 1 aliphatic heterocycles. The first-order valence-electron chi connectivity index (χ1n) is 11.2. The number of amides is 1. The van der Waals surface area contributed by atoms with Gasteiger partial charge in [-0.25, -0.2) is 9.97 Å². The third kappa shape index (κ3) is 5.75. The van der Waals surface area contributed by atoms with Gasteiger partial charge in [-0.2, -0.15) is 13.2 Å². The zero-order chi connectivity index (χ0) is 25.0. The summed E-state index contributed by atoms with van der Waals surface area (Å²) in [5, 5.41) is 2.91. The summed E-state index contributed by atoms with van der Waals surface area (Å²) in [4.78, 5) is 21.2. The molecule has 6 nitrogen and oxygen atoms in total. The molecule has 2 heterocycles. The van der Waals surface area contributed by atoms with Gasteiger partial charge in [-0.15, -0.1) is 0 Å². The van der Waals surface area contributed by atoms with Gasteiger partial charge in [0.2, 0.25) is 0 Å². The highest BCUT2D eigenvalue weighted by atomic mass is 19.4. The Morgan fingerprint density at radius 3 is 2.57 bits per heavy atom. The summed E-state index contributed by atoms with van der Waals surface area (Å²) in [6.45, 7) is 3.07. The van der Waals surface area contributed by atoms with Crippen LogP contribution in [0.25, 0.3) is 16.7 Å². The highest BCUT2D eigenvalue weighted by Crippen LogP contribution is 2.34. The Bertz CT molecular complexity index is 1240. The molecule has 0 aliphatic carbocycles. The van der Waals surface area contributed by atoms with Gasteiger partial charge in [0, 0.05) is 6.54 Å². The quantitative estimate of drug-likeness (QED) is 0.521. The SMILES string of the molecule is C[C@@H](NC(=O)c1cc(C2=CCOCC2)ncn1)c1ccc(-c2cc(C(F)(F)F)ccc2CN)cc1. The zero-order valence-corrected chi connectivity index (χ0v) is 19.1. The summed E-state index contributed by atoms with van der Waals surface area (Å²) in [6.07, 6.45) is -0.413. The molecule has 1 aromatic heterocycles. The molecule has 0 radical (unpaired) electrons. The number of ether oxygens (including phenoxy) is 1. The van der Waals surface area contributed by atoms with Crippen molar-refractivity contribution in [1.29, 1.82) is 0 Å². The highest BCUT2D eigenvalue weighted by Gasteiger charge is 2.31. The van der Waals surface area contributed by atoms with Crippen LogP contribution in [0.4, 0.5) is 13.2 Å². The molecular formula is C26H25F3N4O2. The predicted molar refractivity (Wildman–Crippen MR) is 126 cm³/mol. The molecule has 1 atom stereocenters. The molecule has 2 aromatic carbocycles. The lowest BCUT2D eigenvalue weighted by atomic mass is 9.95. The second-order valence-electron chi connectivity index (χ2n) is 8.23. The number of carbonyl (C=O) groups excluding carboxylic acids is 1. The maximum Gasteiger partial charge on any atom is 0.416 e. The lowest BCUT2D eigenvalue weighted by Crippen LogP contribution is -2.27. The van der Waals surface area contributed by atoms with Gasteiger partial charge in [-0.05, 0) is 59.4 Å². The minimum absolute atomic E-state index is 0.118. The fourth-order valence-electron chi connectivity index (χ4n) is 3.92. The lowest BCUT2D eigenvalue weighted by Gasteiger charge is -2.17. The minimum Gasteiger partial charge on any atom is -0.377 e. The first kappa shape index (κ1) is 24.6. The number of nitrogens with zero attached hydrogens (tertiary/aromatic N) is 2. The Balaban J connectivity index is 1.50. The van der Waals surface area contributed by atoms with Crippen LogP contribution in [0.15, 0.2) is 60.9 Å². The van der Waals surface area contributed by atoms with Gasteiger partial charge in [0.15, 0.2) is 0 Å². The van der Waals surface area contributed by atoms with Crippen LogP contribution in [-0.4, -0.2) is 29.1 Å². The number of aromatic nitrogens is 2. The summed E-state index contributed by atoms with van der Waals surface area (Å²) in [6, 6.07) is 11.9. The van der Waals surface area contributed by atoms with Crippen LogP contribution in [0.2, 0.25) is 0 Å². The van der Waals surface area contributed by atoms with Crippen LogP contribution >= 0.6 is 0 Å². The maximum absolute atomic E-state index is 13.2.